The van der Waals surface area contributed by atoms with E-state index in [0.29, 0.717) is 5.69 Å². The smallest absolute Gasteiger partial charge is 0.138 e. The third-order valence-electron chi connectivity index (χ3n) is 1.69. The van der Waals surface area contributed by atoms with E-state index in [2.05, 4.69) is 6.58 Å². The van der Waals surface area contributed by atoms with Gasteiger partial charge in [0, 0.05) is 6.04 Å². The molecule has 0 fully saturated rings. The van der Waals surface area contributed by atoms with E-state index in [1.165, 1.54) is 0 Å². The fourth-order valence-electron chi connectivity index (χ4n) is 0.904. The van der Waals surface area contributed by atoms with Crippen molar-refractivity contribution in [3.05, 3.63) is 36.4 Å². The Balaban J connectivity index is 3.04. The van der Waals surface area contributed by atoms with Crippen LogP contribution < -0.4 is 11.5 Å². The molecule has 0 saturated heterocycles. The van der Waals surface area contributed by atoms with Crippen molar-refractivity contribution in [3.8, 4) is 5.75 Å². The summed E-state index contributed by atoms with van der Waals surface area (Å²) in [6.07, 6.45) is 1.60. The van der Waals surface area contributed by atoms with Crippen LogP contribution in [0.3, 0.4) is 0 Å². The fraction of sp³-hybridized carbons (Fsp3) is 0.111. The van der Waals surface area contributed by atoms with Gasteiger partial charge in [-0.15, -0.1) is 6.58 Å². The Morgan fingerprint density at radius 2 is 2.17 bits per heavy atom. The zero-order valence-electron chi connectivity index (χ0n) is 6.70. The van der Waals surface area contributed by atoms with Crippen LogP contribution in [0.25, 0.3) is 0 Å². The second kappa shape index (κ2) is 3.28. The zero-order chi connectivity index (χ0) is 9.14. The Hall–Kier alpha value is -1.48. The van der Waals surface area contributed by atoms with Crippen molar-refractivity contribution in [3.63, 3.8) is 0 Å². The Bertz CT molecular complexity index is 297. The van der Waals surface area contributed by atoms with Gasteiger partial charge in [0.1, 0.15) is 5.75 Å². The Morgan fingerprint density at radius 3 is 2.67 bits per heavy atom. The molecule has 0 aromatic heterocycles. The SMILES string of the molecule is C=CC(N)c1ccc(N)c(O)c1. The van der Waals surface area contributed by atoms with Crippen LogP contribution in [0.15, 0.2) is 30.9 Å². The highest BCUT2D eigenvalue weighted by atomic mass is 16.3. The van der Waals surface area contributed by atoms with E-state index < -0.39 is 0 Å². The molecular weight excluding hydrogens is 152 g/mol. The topological polar surface area (TPSA) is 72.3 Å². The summed E-state index contributed by atoms with van der Waals surface area (Å²) in [7, 11) is 0. The second-order valence-corrected chi connectivity index (χ2v) is 2.58. The zero-order valence-corrected chi connectivity index (χ0v) is 6.70. The normalized spacial score (nSPS) is 12.4. The van der Waals surface area contributed by atoms with E-state index in [0.717, 1.165) is 5.56 Å². The number of phenols is 1. The minimum absolute atomic E-state index is 0.0600. The van der Waals surface area contributed by atoms with Crippen LogP contribution in [-0.2, 0) is 0 Å². The lowest BCUT2D eigenvalue weighted by Gasteiger charge is -2.07. The molecule has 64 valence electrons. The minimum Gasteiger partial charge on any atom is -0.506 e. The molecule has 0 aliphatic rings. The van der Waals surface area contributed by atoms with Crippen LogP contribution in [0, 0.1) is 0 Å². The van der Waals surface area contributed by atoms with Gasteiger partial charge in [0.15, 0.2) is 0 Å². The van der Waals surface area contributed by atoms with E-state index in [9.17, 15) is 5.11 Å². The molecule has 0 bridgehead atoms. The third-order valence-corrected chi connectivity index (χ3v) is 1.69. The van der Waals surface area contributed by atoms with Crippen molar-refractivity contribution in [1.29, 1.82) is 0 Å². The summed E-state index contributed by atoms with van der Waals surface area (Å²) in [6, 6.07) is 4.67. The first kappa shape index (κ1) is 8.62. The van der Waals surface area contributed by atoms with Gasteiger partial charge in [-0.1, -0.05) is 12.1 Å². The van der Waals surface area contributed by atoms with Gasteiger partial charge in [-0.3, -0.25) is 0 Å². The number of phenolic OH excluding ortho intramolecular Hbond substituents is 1. The van der Waals surface area contributed by atoms with Crippen molar-refractivity contribution >= 4 is 5.69 Å². The molecule has 0 spiro atoms. The van der Waals surface area contributed by atoms with Crippen molar-refractivity contribution < 1.29 is 5.11 Å². The molecule has 0 saturated carbocycles. The molecule has 1 unspecified atom stereocenters. The monoisotopic (exact) mass is 164 g/mol. The molecule has 0 aliphatic carbocycles. The molecule has 3 nitrogen and oxygen atoms in total. The van der Waals surface area contributed by atoms with E-state index >= 15 is 0 Å². The summed E-state index contributed by atoms with van der Waals surface area (Å²) in [5.41, 5.74) is 12.2. The molecule has 0 amide bonds. The molecule has 1 aromatic rings. The van der Waals surface area contributed by atoms with E-state index in [1.54, 1.807) is 24.3 Å². The number of hydrogen-bond acceptors (Lipinski definition) is 3. The number of rotatable bonds is 2. The van der Waals surface area contributed by atoms with Crippen LogP contribution in [0.5, 0.6) is 5.75 Å². The van der Waals surface area contributed by atoms with E-state index in [-0.39, 0.29) is 11.8 Å². The molecule has 5 N–H and O–H groups in total. The first-order chi connectivity index (χ1) is 5.65. The van der Waals surface area contributed by atoms with Gasteiger partial charge in [0.05, 0.1) is 5.69 Å². The number of aromatic hydroxyl groups is 1. The quantitative estimate of drug-likeness (QED) is 0.349. The Labute approximate surface area is 71.3 Å². The maximum Gasteiger partial charge on any atom is 0.138 e. The summed E-state index contributed by atoms with van der Waals surface area (Å²) >= 11 is 0. The lowest BCUT2D eigenvalue weighted by molar-refractivity contribution is 0.477. The molecular formula is C9H12N2O. The fourth-order valence-corrected chi connectivity index (χ4v) is 0.904. The molecule has 1 aromatic carbocycles. The van der Waals surface area contributed by atoms with Crippen LogP contribution in [0.2, 0.25) is 0 Å². The Morgan fingerprint density at radius 1 is 1.50 bits per heavy atom. The predicted octanol–water partition coefficient (Wildman–Crippen LogP) is 1.16. The van der Waals surface area contributed by atoms with Crippen molar-refractivity contribution in [2.24, 2.45) is 5.73 Å². The van der Waals surface area contributed by atoms with E-state index in [4.69, 9.17) is 11.5 Å². The van der Waals surface area contributed by atoms with Gasteiger partial charge < -0.3 is 16.6 Å². The first-order valence-corrected chi connectivity index (χ1v) is 3.61. The maximum absolute atomic E-state index is 9.23. The molecule has 1 atom stereocenters. The van der Waals surface area contributed by atoms with Crippen LogP contribution in [0.4, 0.5) is 5.69 Å². The summed E-state index contributed by atoms with van der Waals surface area (Å²) in [4.78, 5) is 0. The lowest BCUT2D eigenvalue weighted by Crippen LogP contribution is -2.06. The molecule has 1 rings (SSSR count). The van der Waals surface area contributed by atoms with Crippen LogP contribution in [-0.4, -0.2) is 5.11 Å². The van der Waals surface area contributed by atoms with Gasteiger partial charge in [-0.05, 0) is 17.7 Å². The summed E-state index contributed by atoms with van der Waals surface area (Å²) in [5, 5.41) is 9.23. The van der Waals surface area contributed by atoms with Gasteiger partial charge in [-0.2, -0.15) is 0 Å². The minimum atomic E-state index is -0.253. The molecule has 3 heteroatoms. The van der Waals surface area contributed by atoms with Crippen LogP contribution in [0.1, 0.15) is 11.6 Å². The molecule has 0 aliphatic heterocycles. The van der Waals surface area contributed by atoms with E-state index in [1.807, 2.05) is 0 Å². The van der Waals surface area contributed by atoms with Gasteiger partial charge in [0.25, 0.3) is 0 Å². The molecule has 0 radical (unpaired) electrons. The third kappa shape index (κ3) is 1.57. The van der Waals surface area contributed by atoms with Crippen molar-refractivity contribution in [1.82, 2.24) is 0 Å². The largest absolute Gasteiger partial charge is 0.506 e. The second-order valence-electron chi connectivity index (χ2n) is 2.58. The predicted molar refractivity (Wildman–Crippen MR) is 49.6 cm³/mol. The van der Waals surface area contributed by atoms with Crippen molar-refractivity contribution in [2.75, 3.05) is 5.73 Å². The van der Waals surface area contributed by atoms with Gasteiger partial charge >= 0.3 is 0 Å². The van der Waals surface area contributed by atoms with Gasteiger partial charge in [-0.25, -0.2) is 0 Å². The van der Waals surface area contributed by atoms with Crippen molar-refractivity contribution in [2.45, 2.75) is 6.04 Å². The van der Waals surface area contributed by atoms with Crippen LogP contribution >= 0.6 is 0 Å². The molecule has 0 heterocycles. The average molecular weight is 164 g/mol. The number of nitrogen functional groups attached to an aromatic ring is 1. The van der Waals surface area contributed by atoms with Gasteiger partial charge in [0.2, 0.25) is 0 Å². The summed E-state index contributed by atoms with van der Waals surface area (Å²) < 4.78 is 0. The number of hydrogen-bond donors (Lipinski definition) is 3. The first-order valence-electron chi connectivity index (χ1n) is 3.61. The number of benzene rings is 1. The Kier molecular flexibility index (Phi) is 2.35. The lowest BCUT2D eigenvalue weighted by atomic mass is 10.1. The number of nitrogens with two attached hydrogens (primary N) is 2. The average Bonchev–Trinajstić information content (AvgIpc) is 2.08. The summed E-state index contributed by atoms with van der Waals surface area (Å²) in [5.74, 6) is 0.0600. The summed E-state index contributed by atoms with van der Waals surface area (Å²) in [6.45, 7) is 3.55. The standard InChI is InChI=1S/C9H12N2O/c1-2-7(10)6-3-4-8(11)9(12)5-6/h2-5,7,12H,1,10-11H2. The highest BCUT2D eigenvalue weighted by Gasteiger charge is 2.03. The molecule has 12 heavy (non-hydrogen) atoms. The number of anilines is 1. The highest BCUT2D eigenvalue weighted by molar-refractivity contribution is 5.53. The maximum atomic E-state index is 9.23. The highest BCUT2D eigenvalue weighted by Crippen LogP contribution is 2.23.